The summed E-state index contributed by atoms with van der Waals surface area (Å²) in [5, 5.41) is 6.67. The first-order chi connectivity index (χ1) is 9.62. The molecule has 0 amide bonds. The fourth-order valence-electron chi connectivity index (χ4n) is 2.21. The minimum atomic E-state index is 0.105. The Bertz CT molecular complexity index is 518. The molecule has 0 aliphatic heterocycles. The molecular formula is C17H23N3. The van der Waals surface area contributed by atoms with Crippen molar-refractivity contribution in [3.8, 4) is 0 Å². The van der Waals surface area contributed by atoms with Gasteiger partial charge in [0.25, 0.3) is 0 Å². The zero-order valence-electron chi connectivity index (χ0n) is 12.5. The maximum atomic E-state index is 4.08. The van der Waals surface area contributed by atoms with Gasteiger partial charge in [-0.2, -0.15) is 0 Å². The van der Waals surface area contributed by atoms with Crippen molar-refractivity contribution in [2.75, 3.05) is 18.9 Å². The molecule has 0 spiro atoms. The molecule has 0 bridgehead atoms. The Morgan fingerprint density at radius 1 is 1.00 bits per heavy atom. The van der Waals surface area contributed by atoms with E-state index in [4.69, 9.17) is 0 Å². The van der Waals surface area contributed by atoms with E-state index in [0.29, 0.717) is 0 Å². The number of nitrogens with zero attached hydrogens (tertiary/aromatic N) is 1. The normalized spacial score (nSPS) is 11.3. The van der Waals surface area contributed by atoms with E-state index in [0.717, 1.165) is 18.8 Å². The number of nitrogens with one attached hydrogen (secondary N) is 2. The van der Waals surface area contributed by atoms with Crippen molar-refractivity contribution in [3.05, 3.63) is 59.9 Å². The fraction of sp³-hybridized carbons (Fsp3) is 0.353. The van der Waals surface area contributed by atoms with E-state index in [1.165, 1.54) is 11.1 Å². The fourth-order valence-corrected chi connectivity index (χ4v) is 2.21. The first kappa shape index (κ1) is 14.5. The number of anilines is 1. The van der Waals surface area contributed by atoms with Gasteiger partial charge in [-0.05, 0) is 35.4 Å². The summed E-state index contributed by atoms with van der Waals surface area (Å²) in [5.74, 6) is 0. The van der Waals surface area contributed by atoms with Crippen molar-refractivity contribution in [2.45, 2.75) is 25.8 Å². The molecule has 0 atom stereocenters. The lowest BCUT2D eigenvalue weighted by molar-refractivity contribution is 0.468. The standard InChI is InChI=1S/C17H23N3/c1-17(2,15-8-10-19-11-9-15)13-20-12-14-4-6-16(18-3)7-5-14/h4-11,18,20H,12-13H2,1-3H3. The van der Waals surface area contributed by atoms with Crippen LogP contribution in [-0.4, -0.2) is 18.6 Å². The molecule has 3 heteroatoms. The number of pyridine rings is 1. The average Bonchev–Trinajstić information content (AvgIpc) is 2.49. The predicted octanol–water partition coefficient (Wildman–Crippen LogP) is 3.19. The van der Waals surface area contributed by atoms with Gasteiger partial charge in [-0.15, -0.1) is 0 Å². The van der Waals surface area contributed by atoms with Gasteiger partial charge in [0.2, 0.25) is 0 Å². The summed E-state index contributed by atoms with van der Waals surface area (Å²) in [4.78, 5) is 4.08. The van der Waals surface area contributed by atoms with Gasteiger partial charge in [0, 0.05) is 43.6 Å². The topological polar surface area (TPSA) is 37.0 Å². The van der Waals surface area contributed by atoms with Crippen molar-refractivity contribution in [1.82, 2.24) is 10.3 Å². The minimum absolute atomic E-state index is 0.105. The number of aromatic nitrogens is 1. The number of hydrogen-bond donors (Lipinski definition) is 2. The Hall–Kier alpha value is -1.87. The summed E-state index contributed by atoms with van der Waals surface area (Å²) < 4.78 is 0. The van der Waals surface area contributed by atoms with Gasteiger partial charge >= 0.3 is 0 Å². The van der Waals surface area contributed by atoms with Crippen LogP contribution in [0.1, 0.15) is 25.0 Å². The van der Waals surface area contributed by atoms with E-state index in [1.807, 2.05) is 19.4 Å². The second-order valence-electron chi connectivity index (χ2n) is 5.67. The molecule has 1 aromatic carbocycles. The highest BCUT2D eigenvalue weighted by Crippen LogP contribution is 2.21. The molecule has 2 rings (SSSR count). The van der Waals surface area contributed by atoms with Crippen LogP contribution >= 0.6 is 0 Å². The van der Waals surface area contributed by atoms with Gasteiger partial charge in [0.1, 0.15) is 0 Å². The van der Waals surface area contributed by atoms with Gasteiger partial charge in [-0.3, -0.25) is 4.98 Å². The van der Waals surface area contributed by atoms with Crippen molar-refractivity contribution in [3.63, 3.8) is 0 Å². The second-order valence-corrected chi connectivity index (χ2v) is 5.67. The third-order valence-corrected chi connectivity index (χ3v) is 3.60. The van der Waals surface area contributed by atoms with Crippen LogP contribution in [0.25, 0.3) is 0 Å². The highest BCUT2D eigenvalue weighted by molar-refractivity contribution is 5.43. The third-order valence-electron chi connectivity index (χ3n) is 3.60. The maximum absolute atomic E-state index is 4.08. The quantitative estimate of drug-likeness (QED) is 0.845. The molecule has 0 radical (unpaired) electrons. The lowest BCUT2D eigenvalue weighted by Crippen LogP contribution is -2.32. The third kappa shape index (κ3) is 3.81. The predicted molar refractivity (Wildman–Crippen MR) is 85.0 cm³/mol. The highest BCUT2D eigenvalue weighted by Gasteiger charge is 2.19. The Kier molecular flexibility index (Phi) is 4.74. The smallest absolute Gasteiger partial charge is 0.0337 e. The molecule has 0 fully saturated rings. The van der Waals surface area contributed by atoms with E-state index in [2.05, 4.69) is 65.9 Å². The second kappa shape index (κ2) is 6.53. The summed E-state index contributed by atoms with van der Waals surface area (Å²) in [6.45, 7) is 6.32. The zero-order valence-corrected chi connectivity index (χ0v) is 12.5. The molecule has 2 N–H and O–H groups in total. The molecule has 0 saturated heterocycles. The van der Waals surface area contributed by atoms with E-state index < -0.39 is 0 Å². The molecule has 20 heavy (non-hydrogen) atoms. The van der Waals surface area contributed by atoms with Gasteiger partial charge in [0.15, 0.2) is 0 Å². The van der Waals surface area contributed by atoms with Crippen LogP contribution in [-0.2, 0) is 12.0 Å². The molecule has 0 aliphatic rings. The lowest BCUT2D eigenvalue weighted by atomic mass is 9.85. The number of rotatable bonds is 6. The molecule has 0 saturated carbocycles. The van der Waals surface area contributed by atoms with Gasteiger partial charge < -0.3 is 10.6 Å². The Balaban J connectivity index is 1.88. The lowest BCUT2D eigenvalue weighted by Gasteiger charge is -2.25. The van der Waals surface area contributed by atoms with Crippen LogP contribution < -0.4 is 10.6 Å². The van der Waals surface area contributed by atoms with Crippen LogP contribution in [0.5, 0.6) is 0 Å². The summed E-state index contributed by atoms with van der Waals surface area (Å²) in [6, 6.07) is 12.7. The van der Waals surface area contributed by atoms with Crippen molar-refractivity contribution in [2.24, 2.45) is 0 Å². The van der Waals surface area contributed by atoms with Crippen molar-refractivity contribution in [1.29, 1.82) is 0 Å². The Morgan fingerprint density at radius 3 is 2.25 bits per heavy atom. The summed E-state index contributed by atoms with van der Waals surface area (Å²) >= 11 is 0. The first-order valence-corrected chi connectivity index (χ1v) is 7.00. The maximum Gasteiger partial charge on any atom is 0.0337 e. The van der Waals surface area contributed by atoms with E-state index in [9.17, 15) is 0 Å². The van der Waals surface area contributed by atoms with Gasteiger partial charge in [-0.1, -0.05) is 26.0 Å². The highest BCUT2D eigenvalue weighted by atomic mass is 14.9. The van der Waals surface area contributed by atoms with Crippen LogP contribution in [0.4, 0.5) is 5.69 Å². The zero-order chi connectivity index (χ0) is 14.4. The molecule has 0 aliphatic carbocycles. The summed E-state index contributed by atoms with van der Waals surface area (Å²) in [6.07, 6.45) is 3.71. The van der Waals surface area contributed by atoms with E-state index in [-0.39, 0.29) is 5.41 Å². The molecule has 2 aromatic rings. The van der Waals surface area contributed by atoms with Gasteiger partial charge in [0.05, 0.1) is 0 Å². The largest absolute Gasteiger partial charge is 0.388 e. The SMILES string of the molecule is CNc1ccc(CNCC(C)(C)c2ccncc2)cc1. The monoisotopic (exact) mass is 269 g/mol. The molecule has 0 unspecified atom stereocenters. The van der Waals surface area contributed by atoms with Crippen molar-refractivity contribution < 1.29 is 0 Å². The molecule has 106 valence electrons. The average molecular weight is 269 g/mol. The van der Waals surface area contributed by atoms with Gasteiger partial charge in [-0.25, -0.2) is 0 Å². The molecule has 1 aromatic heterocycles. The molecular weight excluding hydrogens is 246 g/mol. The van der Waals surface area contributed by atoms with E-state index in [1.54, 1.807) is 0 Å². The number of benzene rings is 1. The first-order valence-electron chi connectivity index (χ1n) is 7.00. The van der Waals surface area contributed by atoms with Crippen LogP contribution in [0.2, 0.25) is 0 Å². The minimum Gasteiger partial charge on any atom is -0.388 e. The van der Waals surface area contributed by atoms with Crippen LogP contribution in [0.15, 0.2) is 48.8 Å². The molecule has 3 nitrogen and oxygen atoms in total. The van der Waals surface area contributed by atoms with Crippen LogP contribution in [0.3, 0.4) is 0 Å². The number of hydrogen-bond acceptors (Lipinski definition) is 3. The van der Waals surface area contributed by atoms with Crippen molar-refractivity contribution >= 4 is 5.69 Å². The van der Waals surface area contributed by atoms with E-state index >= 15 is 0 Å². The summed E-state index contributed by atoms with van der Waals surface area (Å²) in [7, 11) is 1.94. The Morgan fingerprint density at radius 2 is 1.65 bits per heavy atom. The Labute approximate surface area is 121 Å². The van der Waals surface area contributed by atoms with Crippen LogP contribution in [0, 0.1) is 0 Å². The molecule has 1 heterocycles. The summed E-state index contributed by atoms with van der Waals surface area (Å²) in [5.41, 5.74) is 3.86.